The molecule has 2 aromatic rings. The molecule has 3 N–H and O–H groups in total. The molecule has 2 heterocycles. The van der Waals surface area contributed by atoms with Crippen molar-refractivity contribution in [3.8, 4) is 0 Å². The average molecular weight is 388 g/mol. The van der Waals surface area contributed by atoms with Crippen molar-refractivity contribution in [3.05, 3.63) is 47.0 Å². The number of thiazole rings is 1. The lowest BCUT2D eigenvalue weighted by Crippen LogP contribution is -2.52. The normalized spacial score (nSPS) is 17.2. The van der Waals surface area contributed by atoms with E-state index in [0.29, 0.717) is 18.2 Å². The number of hydrogen-bond donors (Lipinski definition) is 2. The fourth-order valence-electron chi connectivity index (χ4n) is 3.64. The number of ether oxygens (including phenoxy) is 1. The molecule has 1 aromatic carbocycles. The van der Waals surface area contributed by atoms with Crippen molar-refractivity contribution in [1.82, 2.24) is 15.2 Å². The number of methoxy groups -OCH3 is 1. The van der Waals surface area contributed by atoms with Crippen LogP contribution in [0.4, 0.5) is 9.93 Å². The van der Waals surface area contributed by atoms with Crippen LogP contribution in [0, 0.1) is 0 Å². The highest BCUT2D eigenvalue weighted by Crippen LogP contribution is 2.42. The van der Waals surface area contributed by atoms with E-state index in [1.807, 2.05) is 23.6 Å². The maximum atomic E-state index is 12.7. The number of carbonyl (C=O) groups is 2. The van der Waals surface area contributed by atoms with Crippen molar-refractivity contribution in [1.29, 1.82) is 0 Å². The summed E-state index contributed by atoms with van der Waals surface area (Å²) in [5.74, 6) is -0.111. The Morgan fingerprint density at radius 3 is 2.52 bits per heavy atom. The molecule has 1 atom stereocenters. The minimum atomic E-state index is -0.628. The molecule has 0 bridgehead atoms. The number of piperidine rings is 1. The van der Waals surface area contributed by atoms with Crippen LogP contribution in [0.3, 0.4) is 0 Å². The molecule has 1 aliphatic heterocycles. The number of nitrogens with two attached hydrogens (primary N) is 1. The molecule has 3 rings (SSSR count). The minimum Gasteiger partial charge on any atom is -0.453 e. The zero-order chi connectivity index (χ0) is 19.4. The minimum absolute atomic E-state index is 0.111. The van der Waals surface area contributed by atoms with Gasteiger partial charge in [-0.15, -0.1) is 11.3 Å². The number of anilines is 1. The van der Waals surface area contributed by atoms with Gasteiger partial charge in [-0.3, -0.25) is 4.79 Å². The molecule has 7 nitrogen and oxygen atoms in total. The lowest BCUT2D eigenvalue weighted by molar-refractivity contribution is -0.134. The zero-order valence-electron chi connectivity index (χ0n) is 15.5. The molecule has 144 valence electrons. The maximum Gasteiger partial charge on any atom is 0.407 e. The van der Waals surface area contributed by atoms with Gasteiger partial charge in [0.05, 0.1) is 12.8 Å². The fourth-order valence-corrected chi connectivity index (χ4v) is 4.30. The summed E-state index contributed by atoms with van der Waals surface area (Å²) in [6.07, 6.45) is 0.887. The number of carbonyl (C=O) groups excluding carboxylic acids is 2. The van der Waals surface area contributed by atoms with Crippen LogP contribution >= 0.6 is 11.3 Å². The maximum absolute atomic E-state index is 12.7. The first-order chi connectivity index (χ1) is 13.0. The van der Waals surface area contributed by atoms with Crippen molar-refractivity contribution in [2.45, 2.75) is 31.2 Å². The molecule has 0 spiro atoms. The van der Waals surface area contributed by atoms with E-state index in [1.165, 1.54) is 24.0 Å². The number of likely N-dealkylation sites (tertiary alicyclic amines) is 1. The number of nitrogen functional groups attached to an aromatic ring is 1. The van der Waals surface area contributed by atoms with Crippen LogP contribution in [-0.4, -0.2) is 48.1 Å². The van der Waals surface area contributed by atoms with E-state index >= 15 is 0 Å². The number of nitrogens with zero attached hydrogens (tertiary/aromatic N) is 2. The smallest absolute Gasteiger partial charge is 0.407 e. The number of hydrogen-bond acceptors (Lipinski definition) is 6. The second-order valence-corrected chi connectivity index (χ2v) is 7.59. The highest BCUT2D eigenvalue weighted by molar-refractivity contribution is 7.13. The van der Waals surface area contributed by atoms with Gasteiger partial charge < -0.3 is 20.7 Å². The molecule has 0 saturated carbocycles. The van der Waals surface area contributed by atoms with Crippen LogP contribution in [0.1, 0.15) is 31.0 Å². The van der Waals surface area contributed by atoms with Crippen molar-refractivity contribution in [2.75, 3.05) is 25.9 Å². The van der Waals surface area contributed by atoms with Gasteiger partial charge in [-0.25, -0.2) is 9.78 Å². The predicted octanol–water partition coefficient (Wildman–Crippen LogP) is 2.38. The molecule has 1 aromatic heterocycles. The van der Waals surface area contributed by atoms with Gasteiger partial charge in [-0.2, -0.15) is 0 Å². The molecule has 2 amide bonds. The van der Waals surface area contributed by atoms with E-state index < -0.39 is 12.1 Å². The molecular formula is C19H24N4O3S. The van der Waals surface area contributed by atoms with Gasteiger partial charge in [-0.05, 0) is 25.3 Å². The topological polar surface area (TPSA) is 97.5 Å². The van der Waals surface area contributed by atoms with Gasteiger partial charge >= 0.3 is 6.09 Å². The summed E-state index contributed by atoms with van der Waals surface area (Å²) in [6, 6.07) is 9.62. The van der Waals surface area contributed by atoms with Gasteiger partial charge in [0.25, 0.3) is 0 Å². The fraction of sp³-hybridized carbons (Fsp3) is 0.421. The van der Waals surface area contributed by atoms with Crippen LogP contribution in [0.15, 0.2) is 35.7 Å². The molecular weight excluding hydrogens is 364 g/mol. The second kappa shape index (κ2) is 7.96. The van der Waals surface area contributed by atoms with E-state index in [4.69, 9.17) is 5.73 Å². The molecule has 1 aliphatic rings. The lowest BCUT2D eigenvalue weighted by atomic mass is 9.70. The Balaban J connectivity index is 1.79. The number of alkyl carbamates (subject to hydrolysis) is 1. The van der Waals surface area contributed by atoms with Crippen LogP contribution in [-0.2, 0) is 14.9 Å². The average Bonchev–Trinajstić information content (AvgIpc) is 3.14. The molecule has 0 aliphatic carbocycles. The first kappa shape index (κ1) is 19.2. The Kier molecular flexibility index (Phi) is 5.65. The summed E-state index contributed by atoms with van der Waals surface area (Å²) in [4.78, 5) is 30.4. The zero-order valence-corrected chi connectivity index (χ0v) is 16.3. The van der Waals surface area contributed by atoms with Gasteiger partial charge in [0.2, 0.25) is 5.91 Å². The van der Waals surface area contributed by atoms with E-state index in [1.54, 1.807) is 11.8 Å². The molecule has 8 heteroatoms. The van der Waals surface area contributed by atoms with E-state index in [0.717, 1.165) is 18.5 Å². The van der Waals surface area contributed by atoms with Crippen molar-refractivity contribution in [3.63, 3.8) is 0 Å². The number of amides is 2. The summed E-state index contributed by atoms with van der Waals surface area (Å²) in [5, 5.41) is 5.10. The summed E-state index contributed by atoms with van der Waals surface area (Å²) in [5.41, 5.74) is 7.77. The van der Waals surface area contributed by atoms with E-state index in [9.17, 15) is 9.59 Å². The summed E-state index contributed by atoms with van der Waals surface area (Å²) in [7, 11) is 1.28. The van der Waals surface area contributed by atoms with E-state index in [-0.39, 0.29) is 11.3 Å². The lowest BCUT2D eigenvalue weighted by Gasteiger charge is -2.42. The van der Waals surface area contributed by atoms with Gasteiger partial charge in [0, 0.05) is 23.9 Å². The Bertz CT molecular complexity index is 800. The Labute approximate surface area is 162 Å². The van der Waals surface area contributed by atoms with Crippen LogP contribution in [0.2, 0.25) is 0 Å². The molecule has 1 fully saturated rings. The largest absolute Gasteiger partial charge is 0.453 e. The molecule has 27 heavy (non-hydrogen) atoms. The highest BCUT2D eigenvalue weighted by Gasteiger charge is 2.41. The quantitative estimate of drug-likeness (QED) is 0.838. The van der Waals surface area contributed by atoms with E-state index in [2.05, 4.69) is 27.2 Å². The number of rotatable bonds is 4. The van der Waals surface area contributed by atoms with Crippen LogP contribution in [0.25, 0.3) is 0 Å². The second-order valence-electron chi connectivity index (χ2n) is 6.70. The Morgan fingerprint density at radius 1 is 1.30 bits per heavy atom. The predicted molar refractivity (Wildman–Crippen MR) is 105 cm³/mol. The molecule has 1 unspecified atom stereocenters. The molecule has 1 saturated heterocycles. The van der Waals surface area contributed by atoms with Gasteiger partial charge in [-0.1, -0.05) is 30.3 Å². The number of nitrogens with one attached hydrogen (secondary N) is 1. The third-order valence-corrected chi connectivity index (χ3v) is 5.83. The summed E-state index contributed by atoms with van der Waals surface area (Å²) >= 11 is 1.44. The molecule has 0 radical (unpaired) electrons. The first-order valence-electron chi connectivity index (χ1n) is 8.86. The monoisotopic (exact) mass is 388 g/mol. The third-order valence-electron chi connectivity index (χ3n) is 5.16. The number of benzene rings is 1. The van der Waals surface area contributed by atoms with Crippen LogP contribution in [0.5, 0.6) is 0 Å². The van der Waals surface area contributed by atoms with Gasteiger partial charge in [0.15, 0.2) is 5.13 Å². The Hall–Kier alpha value is -2.61. The standard InChI is InChI=1S/C19H24N4O3S/c1-13(21-18(25)26-2)16(24)23-10-8-19(9-11-23,14-6-4-3-5-7-14)15-12-27-17(20)22-15/h3-7,12-13H,8-11H2,1-2H3,(H2,20,22)(H,21,25). The number of aromatic nitrogens is 1. The van der Waals surface area contributed by atoms with Crippen molar-refractivity contribution in [2.24, 2.45) is 0 Å². The first-order valence-corrected chi connectivity index (χ1v) is 9.74. The van der Waals surface area contributed by atoms with Crippen LogP contribution < -0.4 is 11.1 Å². The summed E-state index contributed by atoms with van der Waals surface area (Å²) < 4.78 is 4.57. The van der Waals surface area contributed by atoms with Crippen molar-refractivity contribution < 1.29 is 14.3 Å². The highest BCUT2D eigenvalue weighted by atomic mass is 32.1. The summed E-state index contributed by atoms with van der Waals surface area (Å²) in [6.45, 7) is 2.83. The van der Waals surface area contributed by atoms with Crippen molar-refractivity contribution >= 4 is 28.5 Å². The third kappa shape index (κ3) is 3.90. The Morgan fingerprint density at radius 2 is 1.96 bits per heavy atom. The van der Waals surface area contributed by atoms with Gasteiger partial charge in [0.1, 0.15) is 6.04 Å². The SMILES string of the molecule is COC(=O)NC(C)C(=O)N1CCC(c2ccccc2)(c2csc(N)n2)CC1.